The number of hydrogen-bond donors (Lipinski definition) is 0. The van der Waals surface area contributed by atoms with Crippen molar-refractivity contribution in [2.24, 2.45) is 5.10 Å². The lowest BCUT2D eigenvalue weighted by molar-refractivity contribution is 0.267. The first-order valence-corrected chi connectivity index (χ1v) is 14.6. The third-order valence-corrected chi connectivity index (χ3v) is 7.70. The first-order chi connectivity index (χ1) is 17.7. The molecular weight excluding hydrogens is 734 g/mol. The lowest BCUT2D eigenvalue weighted by Gasteiger charge is -2.15. The molecule has 1 aromatic heterocycles. The van der Waals surface area contributed by atoms with Crippen molar-refractivity contribution in [3.05, 3.63) is 93.7 Å². The van der Waals surface area contributed by atoms with Crippen molar-refractivity contribution in [1.29, 1.82) is 0 Å². The highest BCUT2D eigenvalue weighted by atomic mass is 79.9. The summed E-state index contributed by atoms with van der Waals surface area (Å²) in [5.74, 6) is 1.74. The first-order valence-electron chi connectivity index (χ1n) is 11.5. The molecule has 37 heavy (non-hydrogen) atoms. The summed E-state index contributed by atoms with van der Waals surface area (Å²) in [4.78, 5) is 18.0. The zero-order chi connectivity index (χ0) is 26.7. The molecule has 6 nitrogen and oxygen atoms in total. The molecule has 3 aromatic carbocycles. The fourth-order valence-electron chi connectivity index (χ4n) is 3.63. The van der Waals surface area contributed by atoms with E-state index < -0.39 is 0 Å². The average molecular weight is 757 g/mol. The van der Waals surface area contributed by atoms with E-state index in [2.05, 4.69) is 68.8 Å². The van der Waals surface area contributed by atoms with Gasteiger partial charge in [0.15, 0.2) is 11.5 Å². The summed E-state index contributed by atoms with van der Waals surface area (Å²) in [6.07, 6.45) is 1.63. The molecule has 0 N–H and O–H groups in total. The third-order valence-electron chi connectivity index (χ3n) is 5.39. The molecule has 192 valence electrons. The van der Waals surface area contributed by atoms with Crippen LogP contribution in [0.15, 0.2) is 76.3 Å². The van der Waals surface area contributed by atoms with Crippen LogP contribution in [0.25, 0.3) is 10.9 Å². The van der Waals surface area contributed by atoms with E-state index in [0.29, 0.717) is 45.9 Å². The van der Waals surface area contributed by atoms with Crippen LogP contribution < -0.4 is 15.0 Å². The summed E-state index contributed by atoms with van der Waals surface area (Å²) < 4.78 is 16.8. The summed E-state index contributed by atoms with van der Waals surface area (Å²) in [7, 11) is 0. The molecule has 0 unspecified atom stereocenters. The van der Waals surface area contributed by atoms with Gasteiger partial charge in [0.1, 0.15) is 12.4 Å². The molecule has 0 aliphatic rings. The van der Waals surface area contributed by atoms with Crippen molar-refractivity contribution in [2.75, 3.05) is 6.61 Å². The van der Waals surface area contributed by atoms with Gasteiger partial charge in [-0.2, -0.15) is 9.78 Å². The maximum absolute atomic E-state index is 13.3. The smallest absolute Gasteiger partial charge is 0.282 e. The molecule has 4 rings (SSSR count). The fraction of sp³-hybridized carbons (Fsp3) is 0.222. The Balaban J connectivity index is 1.70. The zero-order valence-corrected chi connectivity index (χ0v) is 26.6. The minimum absolute atomic E-state index is 0.00247. The van der Waals surface area contributed by atoms with Crippen molar-refractivity contribution in [1.82, 2.24) is 9.66 Å². The highest BCUT2D eigenvalue weighted by Crippen LogP contribution is 2.37. The van der Waals surface area contributed by atoms with E-state index in [1.54, 1.807) is 12.3 Å². The van der Waals surface area contributed by atoms with Gasteiger partial charge >= 0.3 is 0 Å². The van der Waals surface area contributed by atoms with Crippen LogP contribution in [0.1, 0.15) is 43.6 Å². The van der Waals surface area contributed by atoms with Crippen molar-refractivity contribution in [3.8, 4) is 11.5 Å². The standard InChI is InChI=1S/C27H23Br4N3O3/c1-4-36-24-10-16(9-22(31)25(24)37-14-17-5-6-19(29)12-21(17)30)13-32-34-26(15(2)3)33-23-8-7-18(28)11-20(23)27(34)35/h5-13,15H,4,14H2,1-3H3. The molecule has 0 saturated heterocycles. The van der Waals surface area contributed by atoms with E-state index in [-0.39, 0.29) is 11.5 Å². The topological polar surface area (TPSA) is 65.7 Å². The molecule has 0 atom stereocenters. The minimum atomic E-state index is -0.227. The van der Waals surface area contributed by atoms with Crippen LogP contribution >= 0.6 is 63.7 Å². The summed E-state index contributed by atoms with van der Waals surface area (Å²) in [6.45, 7) is 6.70. The predicted molar refractivity (Wildman–Crippen MR) is 162 cm³/mol. The molecule has 0 fully saturated rings. The molecule has 4 aromatic rings. The highest BCUT2D eigenvalue weighted by Gasteiger charge is 2.16. The molecule has 1 heterocycles. The highest BCUT2D eigenvalue weighted by molar-refractivity contribution is 9.11. The molecule has 0 radical (unpaired) electrons. The number of hydrogen-bond acceptors (Lipinski definition) is 5. The number of fused-ring (bicyclic) bond motifs is 1. The predicted octanol–water partition coefficient (Wildman–Crippen LogP) is 8.43. The quantitative estimate of drug-likeness (QED) is 0.170. The first kappa shape index (κ1) is 28.0. The lowest BCUT2D eigenvalue weighted by Crippen LogP contribution is -2.23. The second-order valence-electron chi connectivity index (χ2n) is 8.44. The van der Waals surface area contributed by atoms with E-state index in [9.17, 15) is 4.79 Å². The average Bonchev–Trinajstić information content (AvgIpc) is 2.84. The molecule has 0 aliphatic carbocycles. The summed E-state index contributed by atoms with van der Waals surface area (Å²) in [6, 6.07) is 15.1. The van der Waals surface area contributed by atoms with Gasteiger partial charge in [0, 0.05) is 24.9 Å². The van der Waals surface area contributed by atoms with Gasteiger partial charge < -0.3 is 9.47 Å². The lowest BCUT2D eigenvalue weighted by atomic mass is 10.2. The Kier molecular flexibility index (Phi) is 9.26. The number of rotatable bonds is 8. The number of benzene rings is 3. The van der Waals surface area contributed by atoms with Crippen LogP contribution in [0.5, 0.6) is 11.5 Å². The Morgan fingerprint density at radius 1 is 0.973 bits per heavy atom. The third kappa shape index (κ3) is 6.53. The second kappa shape index (κ2) is 12.2. The van der Waals surface area contributed by atoms with Crippen molar-refractivity contribution in [3.63, 3.8) is 0 Å². The van der Waals surface area contributed by atoms with E-state index in [4.69, 9.17) is 14.5 Å². The Morgan fingerprint density at radius 2 is 1.70 bits per heavy atom. The maximum Gasteiger partial charge on any atom is 0.282 e. The largest absolute Gasteiger partial charge is 0.490 e. The monoisotopic (exact) mass is 753 g/mol. The Labute approximate surface area is 248 Å². The molecule has 0 aliphatic heterocycles. The van der Waals surface area contributed by atoms with Crippen LogP contribution in [-0.4, -0.2) is 22.5 Å². The van der Waals surface area contributed by atoms with Crippen LogP contribution in [0.2, 0.25) is 0 Å². The SMILES string of the molecule is CCOc1cc(C=Nn2c(C(C)C)nc3ccc(Br)cc3c2=O)cc(Br)c1OCc1ccc(Br)cc1Br. The second-order valence-corrected chi connectivity index (χ2v) is 12.0. The van der Waals surface area contributed by atoms with Gasteiger partial charge in [-0.15, -0.1) is 0 Å². The molecule has 10 heteroatoms. The van der Waals surface area contributed by atoms with Crippen LogP contribution in [0, 0.1) is 0 Å². The van der Waals surface area contributed by atoms with Gasteiger partial charge in [-0.3, -0.25) is 4.79 Å². The number of halogens is 4. The summed E-state index contributed by atoms with van der Waals surface area (Å²) >= 11 is 14.1. The van der Waals surface area contributed by atoms with Crippen molar-refractivity contribution in [2.45, 2.75) is 33.3 Å². The van der Waals surface area contributed by atoms with Crippen molar-refractivity contribution < 1.29 is 9.47 Å². The molecule has 0 amide bonds. The van der Waals surface area contributed by atoms with Gasteiger partial charge in [0.25, 0.3) is 5.56 Å². The summed E-state index contributed by atoms with van der Waals surface area (Å²) in [5, 5.41) is 5.03. The zero-order valence-electron chi connectivity index (χ0n) is 20.3. The molecule has 0 spiro atoms. The van der Waals surface area contributed by atoms with E-state index in [1.165, 1.54) is 4.68 Å². The Bertz CT molecular complexity index is 1550. The minimum Gasteiger partial charge on any atom is -0.490 e. The van der Waals surface area contributed by atoms with Gasteiger partial charge in [-0.05, 0) is 70.9 Å². The van der Waals surface area contributed by atoms with Gasteiger partial charge in [-0.25, -0.2) is 4.98 Å². The number of ether oxygens (including phenoxy) is 2. The van der Waals surface area contributed by atoms with E-state index in [0.717, 1.165) is 24.5 Å². The van der Waals surface area contributed by atoms with Crippen molar-refractivity contribution >= 4 is 80.8 Å². The number of aromatic nitrogens is 2. The Morgan fingerprint density at radius 3 is 2.41 bits per heavy atom. The number of nitrogens with zero attached hydrogens (tertiary/aromatic N) is 3. The van der Waals surface area contributed by atoms with Crippen LogP contribution in [0.3, 0.4) is 0 Å². The fourth-order valence-corrected chi connectivity index (χ4v) is 5.73. The van der Waals surface area contributed by atoms with E-state index >= 15 is 0 Å². The normalized spacial score (nSPS) is 11.6. The molecule has 0 saturated carbocycles. The van der Waals surface area contributed by atoms with Crippen LogP contribution in [-0.2, 0) is 6.61 Å². The van der Waals surface area contributed by atoms with Gasteiger partial charge in [-0.1, -0.05) is 67.7 Å². The molecule has 0 bridgehead atoms. The van der Waals surface area contributed by atoms with Gasteiger partial charge in [0.2, 0.25) is 0 Å². The summed E-state index contributed by atoms with van der Waals surface area (Å²) in [5.41, 5.74) is 2.15. The Hall–Kier alpha value is -2.01. The van der Waals surface area contributed by atoms with Gasteiger partial charge in [0.05, 0.1) is 28.2 Å². The van der Waals surface area contributed by atoms with E-state index in [1.807, 2.05) is 63.2 Å². The maximum atomic E-state index is 13.3. The van der Waals surface area contributed by atoms with Crippen LogP contribution in [0.4, 0.5) is 0 Å². The molecular formula is C27H23Br4N3O3.